The van der Waals surface area contributed by atoms with Gasteiger partial charge >= 0.3 is 0 Å². The lowest BCUT2D eigenvalue weighted by atomic mass is 9.81. The number of carbonyl (C=O) groups is 1. The first-order chi connectivity index (χ1) is 13.7. The minimum atomic E-state index is 0.0474. The van der Waals surface area contributed by atoms with Gasteiger partial charge in [0.1, 0.15) is 23.2 Å². The zero-order valence-corrected chi connectivity index (χ0v) is 16.5. The van der Waals surface area contributed by atoms with Crippen LogP contribution >= 0.6 is 11.3 Å². The number of para-hydroxylation sites is 1. The third-order valence-corrected chi connectivity index (χ3v) is 6.32. The van der Waals surface area contributed by atoms with Gasteiger partial charge in [-0.2, -0.15) is 0 Å². The van der Waals surface area contributed by atoms with Crippen molar-refractivity contribution in [2.24, 2.45) is 5.92 Å². The van der Waals surface area contributed by atoms with Crippen molar-refractivity contribution < 1.29 is 9.53 Å². The molecule has 6 nitrogen and oxygen atoms in total. The van der Waals surface area contributed by atoms with Crippen LogP contribution in [0, 0.1) is 12.8 Å². The van der Waals surface area contributed by atoms with Crippen LogP contribution in [0.1, 0.15) is 18.4 Å². The van der Waals surface area contributed by atoms with Crippen LogP contribution in [0.5, 0.6) is 5.75 Å². The summed E-state index contributed by atoms with van der Waals surface area (Å²) in [6, 6.07) is 10.3. The van der Waals surface area contributed by atoms with E-state index in [9.17, 15) is 4.79 Å². The maximum absolute atomic E-state index is 12.5. The van der Waals surface area contributed by atoms with Gasteiger partial charge in [-0.1, -0.05) is 12.1 Å². The molecule has 3 heterocycles. The lowest BCUT2D eigenvalue weighted by Gasteiger charge is -2.42. The van der Waals surface area contributed by atoms with E-state index in [4.69, 9.17) is 4.74 Å². The normalized spacial score (nSPS) is 21.8. The maximum atomic E-state index is 12.5. The second-order valence-corrected chi connectivity index (χ2v) is 8.55. The summed E-state index contributed by atoms with van der Waals surface area (Å²) in [5, 5.41) is 3.16. The molecule has 0 spiro atoms. The average Bonchev–Trinajstić information content (AvgIpc) is 3.11. The Morgan fingerprint density at radius 1 is 1.21 bits per heavy atom. The lowest BCUT2D eigenvalue weighted by molar-refractivity contribution is -0.131. The summed E-state index contributed by atoms with van der Waals surface area (Å²) in [5.41, 5.74) is 3.91. The number of hydrogen-bond donors (Lipinski definition) is 1. The highest BCUT2D eigenvalue weighted by Gasteiger charge is 2.38. The number of aryl methyl sites for hydroxylation is 1. The van der Waals surface area contributed by atoms with Gasteiger partial charge in [-0.25, -0.2) is 9.97 Å². The third-order valence-electron chi connectivity index (χ3n) is 5.53. The van der Waals surface area contributed by atoms with Crippen molar-refractivity contribution in [2.75, 3.05) is 18.0 Å². The average molecular weight is 395 g/mol. The fraction of sp³-hybridized carbons (Fsp3) is 0.381. The fourth-order valence-corrected chi connectivity index (χ4v) is 4.43. The van der Waals surface area contributed by atoms with Crippen molar-refractivity contribution in [3.05, 3.63) is 47.6 Å². The second-order valence-electron chi connectivity index (χ2n) is 7.67. The molecule has 5 rings (SSSR count). The lowest BCUT2D eigenvalue weighted by Crippen LogP contribution is -2.61. The van der Waals surface area contributed by atoms with Gasteiger partial charge in [0.25, 0.3) is 0 Å². The largest absolute Gasteiger partial charge is 0.488 e. The summed E-state index contributed by atoms with van der Waals surface area (Å²) in [4.78, 5) is 23.5. The molecule has 3 aromatic rings. The van der Waals surface area contributed by atoms with Crippen molar-refractivity contribution in [3.63, 3.8) is 0 Å². The van der Waals surface area contributed by atoms with Crippen molar-refractivity contribution in [1.29, 1.82) is 0 Å². The van der Waals surface area contributed by atoms with Crippen LogP contribution in [-0.4, -0.2) is 41.1 Å². The van der Waals surface area contributed by atoms with Crippen LogP contribution in [0.15, 0.2) is 42.0 Å². The molecule has 1 aliphatic heterocycles. The highest BCUT2D eigenvalue weighted by molar-refractivity contribution is 7.16. The molecule has 0 unspecified atom stereocenters. The number of ether oxygens (including phenoxy) is 1. The van der Waals surface area contributed by atoms with E-state index in [1.54, 1.807) is 11.3 Å². The number of thiazole rings is 1. The van der Waals surface area contributed by atoms with Crippen LogP contribution in [0.25, 0.3) is 10.2 Å². The van der Waals surface area contributed by atoms with Gasteiger partial charge in [0, 0.05) is 25.2 Å². The second kappa shape index (κ2) is 7.05. The number of hydrogen-bond acceptors (Lipinski definition) is 6. The summed E-state index contributed by atoms with van der Waals surface area (Å²) in [5.74, 6) is 1.99. The van der Waals surface area contributed by atoms with Crippen LogP contribution in [0.4, 0.5) is 5.82 Å². The number of fused-ring (bicyclic) bond motifs is 1. The first kappa shape index (κ1) is 17.4. The van der Waals surface area contributed by atoms with Crippen molar-refractivity contribution in [3.8, 4) is 5.75 Å². The first-order valence-electron chi connectivity index (χ1n) is 9.62. The summed E-state index contributed by atoms with van der Waals surface area (Å²) in [7, 11) is 0. The predicted octanol–water partition coefficient (Wildman–Crippen LogP) is 3.16. The number of nitrogens with one attached hydrogen (secondary N) is 1. The van der Waals surface area contributed by atoms with Crippen molar-refractivity contribution in [2.45, 2.75) is 31.9 Å². The van der Waals surface area contributed by atoms with E-state index in [0.717, 1.165) is 53.3 Å². The van der Waals surface area contributed by atoms with E-state index in [1.807, 2.05) is 42.9 Å². The Balaban J connectivity index is 1.08. The van der Waals surface area contributed by atoms with Gasteiger partial charge < -0.3 is 15.0 Å². The highest BCUT2D eigenvalue weighted by Crippen LogP contribution is 2.35. The third kappa shape index (κ3) is 3.30. The van der Waals surface area contributed by atoms with Gasteiger partial charge in [-0.05, 0) is 43.5 Å². The molecule has 0 atom stereocenters. The number of pyridine rings is 1. The quantitative estimate of drug-likeness (QED) is 0.720. The van der Waals surface area contributed by atoms with Crippen LogP contribution in [0.2, 0.25) is 0 Å². The number of benzene rings is 1. The molecule has 144 valence electrons. The van der Waals surface area contributed by atoms with E-state index >= 15 is 0 Å². The molecule has 1 saturated heterocycles. The number of anilines is 1. The predicted molar refractivity (Wildman–Crippen MR) is 110 cm³/mol. The van der Waals surface area contributed by atoms with Gasteiger partial charge in [0.2, 0.25) is 5.91 Å². The highest BCUT2D eigenvalue weighted by atomic mass is 32.1. The van der Waals surface area contributed by atoms with Crippen LogP contribution in [0.3, 0.4) is 0 Å². The Hall–Kier alpha value is -2.67. The number of aromatic nitrogens is 2. The van der Waals surface area contributed by atoms with E-state index in [-0.39, 0.29) is 24.0 Å². The maximum Gasteiger partial charge on any atom is 0.223 e. The van der Waals surface area contributed by atoms with E-state index < -0.39 is 0 Å². The molecule has 28 heavy (non-hydrogen) atoms. The van der Waals surface area contributed by atoms with E-state index in [1.165, 1.54) is 0 Å². The van der Waals surface area contributed by atoms with Gasteiger partial charge in [-0.15, -0.1) is 11.3 Å². The minimum Gasteiger partial charge on any atom is -0.488 e. The van der Waals surface area contributed by atoms with Gasteiger partial charge in [0.15, 0.2) is 0 Å². The Morgan fingerprint density at radius 2 is 2.07 bits per heavy atom. The topological polar surface area (TPSA) is 67.4 Å². The van der Waals surface area contributed by atoms with Crippen LogP contribution < -0.4 is 15.0 Å². The summed E-state index contributed by atoms with van der Waals surface area (Å²) in [6.07, 6.45) is 3.50. The molecule has 0 radical (unpaired) electrons. The Bertz CT molecular complexity index is 991. The zero-order chi connectivity index (χ0) is 19.1. The molecule has 1 amide bonds. The smallest absolute Gasteiger partial charge is 0.223 e. The summed E-state index contributed by atoms with van der Waals surface area (Å²) in [6.45, 7) is 3.67. The number of rotatable bonds is 5. The van der Waals surface area contributed by atoms with Crippen molar-refractivity contribution in [1.82, 2.24) is 15.3 Å². The van der Waals surface area contributed by atoms with Gasteiger partial charge in [-0.3, -0.25) is 4.79 Å². The molecule has 2 aliphatic rings. The van der Waals surface area contributed by atoms with E-state index in [2.05, 4.69) is 26.3 Å². The SMILES string of the molecule is Cc1ccc(N2CC(NC(=O)C3CC(Oc4cccc5scnc45)C3)C2)nc1. The first-order valence-corrected chi connectivity index (χ1v) is 10.5. The minimum absolute atomic E-state index is 0.0474. The summed E-state index contributed by atoms with van der Waals surface area (Å²) >= 11 is 1.61. The zero-order valence-electron chi connectivity index (χ0n) is 15.7. The fourth-order valence-electron chi connectivity index (χ4n) is 3.73. The number of carbonyl (C=O) groups excluding carboxylic acids is 1. The monoisotopic (exact) mass is 394 g/mol. The molecule has 1 saturated carbocycles. The van der Waals surface area contributed by atoms with Crippen LogP contribution in [-0.2, 0) is 4.79 Å². The Kier molecular flexibility index (Phi) is 4.39. The number of nitrogens with zero attached hydrogens (tertiary/aromatic N) is 3. The van der Waals surface area contributed by atoms with Gasteiger partial charge in [0.05, 0.1) is 16.3 Å². The van der Waals surface area contributed by atoms with Crippen molar-refractivity contribution >= 4 is 33.3 Å². The molecule has 0 bridgehead atoms. The van der Waals surface area contributed by atoms with E-state index in [0.29, 0.717) is 0 Å². The molecule has 1 aromatic carbocycles. The molecule has 1 N–H and O–H groups in total. The standard InChI is InChI=1S/C21H22N4O2S/c1-13-5-6-19(22-9-13)25-10-15(11-25)24-21(26)14-7-16(8-14)27-17-3-2-4-18-20(17)23-12-28-18/h2-6,9,12,14-16H,7-8,10-11H2,1H3,(H,24,26). The Labute approximate surface area is 167 Å². The molecular formula is C21H22N4O2S. The molecule has 7 heteroatoms. The molecular weight excluding hydrogens is 372 g/mol. The molecule has 2 aromatic heterocycles. The Morgan fingerprint density at radius 3 is 2.86 bits per heavy atom. The molecule has 1 aliphatic carbocycles. The molecule has 2 fully saturated rings. The summed E-state index contributed by atoms with van der Waals surface area (Å²) < 4.78 is 7.21. The number of amides is 1.